The van der Waals surface area contributed by atoms with E-state index >= 15 is 0 Å². The van der Waals surface area contributed by atoms with Gasteiger partial charge in [0.05, 0.1) is 7.11 Å². The molecule has 1 heterocycles. The third-order valence-corrected chi connectivity index (χ3v) is 4.44. The van der Waals surface area contributed by atoms with Crippen molar-refractivity contribution in [3.63, 3.8) is 0 Å². The Morgan fingerprint density at radius 2 is 2.33 bits per heavy atom. The highest BCUT2D eigenvalue weighted by Crippen LogP contribution is 2.22. The second-order valence-electron chi connectivity index (χ2n) is 5.13. The summed E-state index contributed by atoms with van der Waals surface area (Å²) in [6.07, 6.45) is 2.76. The first kappa shape index (κ1) is 18.3. The minimum absolute atomic E-state index is 0. The van der Waals surface area contributed by atoms with Crippen molar-refractivity contribution in [2.24, 2.45) is 5.92 Å². The van der Waals surface area contributed by atoms with Crippen molar-refractivity contribution < 1.29 is 9.53 Å². The van der Waals surface area contributed by atoms with Gasteiger partial charge in [-0.15, -0.1) is 12.4 Å². The summed E-state index contributed by atoms with van der Waals surface area (Å²) in [6, 6.07) is 5.76. The third-order valence-electron chi connectivity index (χ3n) is 3.67. The normalized spacial score (nSPS) is 17.1. The van der Waals surface area contributed by atoms with Gasteiger partial charge < -0.3 is 15.4 Å². The zero-order chi connectivity index (χ0) is 14.4. The molecular formula is C15H22BrClN2O2. The molecule has 0 saturated carbocycles. The molecule has 2 N–H and O–H groups in total. The van der Waals surface area contributed by atoms with E-state index in [0.717, 1.165) is 35.3 Å². The molecule has 1 aromatic carbocycles. The molecular weight excluding hydrogens is 356 g/mol. The van der Waals surface area contributed by atoms with Crippen LogP contribution in [0.3, 0.4) is 0 Å². The van der Waals surface area contributed by atoms with Gasteiger partial charge in [0.15, 0.2) is 0 Å². The second-order valence-corrected chi connectivity index (χ2v) is 5.99. The van der Waals surface area contributed by atoms with E-state index < -0.39 is 0 Å². The largest absolute Gasteiger partial charge is 0.497 e. The molecule has 0 bridgehead atoms. The number of carbonyl (C=O) groups is 1. The van der Waals surface area contributed by atoms with Crippen LogP contribution in [0.15, 0.2) is 22.7 Å². The molecule has 0 radical (unpaired) electrons. The van der Waals surface area contributed by atoms with E-state index in [4.69, 9.17) is 4.74 Å². The predicted molar refractivity (Wildman–Crippen MR) is 90.0 cm³/mol. The molecule has 0 spiro atoms. The summed E-state index contributed by atoms with van der Waals surface area (Å²) in [7, 11) is 1.64. The number of hydrogen-bond acceptors (Lipinski definition) is 3. The lowest BCUT2D eigenvalue weighted by Crippen LogP contribution is -2.23. The maximum Gasteiger partial charge on any atom is 0.220 e. The molecule has 1 unspecified atom stereocenters. The molecule has 118 valence electrons. The summed E-state index contributed by atoms with van der Waals surface area (Å²) < 4.78 is 6.18. The fourth-order valence-corrected chi connectivity index (χ4v) is 2.78. The van der Waals surface area contributed by atoms with E-state index in [2.05, 4.69) is 26.6 Å². The molecule has 1 saturated heterocycles. The van der Waals surface area contributed by atoms with Gasteiger partial charge in [-0.25, -0.2) is 0 Å². The van der Waals surface area contributed by atoms with Crippen LogP contribution in [0.5, 0.6) is 5.75 Å². The molecule has 1 fully saturated rings. The first-order valence-electron chi connectivity index (χ1n) is 6.99. The van der Waals surface area contributed by atoms with Gasteiger partial charge in [0.1, 0.15) is 5.75 Å². The maximum absolute atomic E-state index is 11.9. The quantitative estimate of drug-likeness (QED) is 0.801. The molecule has 0 aromatic heterocycles. The minimum atomic E-state index is 0. The lowest BCUT2D eigenvalue weighted by molar-refractivity contribution is -0.121. The van der Waals surface area contributed by atoms with Gasteiger partial charge in [-0.2, -0.15) is 0 Å². The molecule has 2 rings (SSSR count). The van der Waals surface area contributed by atoms with Crippen LogP contribution in [0, 0.1) is 5.92 Å². The molecule has 1 aliphatic rings. The van der Waals surface area contributed by atoms with Gasteiger partial charge in [-0.3, -0.25) is 4.79 Å². The van der Waals surface area contributed by atoms with Crippen molar-refractivity contribution in [1.82, 2.24) is 10.6 Å². The highest BCUT2D eigenvalue weighted by molar-refractivity contribution is 9.10. The first-order chi connectivity index (χ1) is 9.69. The van der Waals surface area contributed by atoms with Crippen LogP contribution in [0.2, 0.25) is 0 Å². The molecule has 6 heteroatoms. The smallest absolute Gasteiger partial charge is 0.220 e. The fourth-order valence-electron chi connectivity index (χ4n) is 2.39. The van der Waals surface area contributed by atoms with Crippen LogP contribution in [-0.4, -0.2) is 26.1 Å². The van der Waals surface area contributed by atoms with Crippen molar-refractivity contribution in [2.45, 2.75) is 25.8 Å². The molecule has 1 aliphatic heterocycles. The van der Waals surface area contributed by atoms with Crippen molar-refractivity contribution in [2.75, 3.05) is 20.2 Å². The van der Waals surface area contributed by atoms with E-state index in [9.17, 15) is 4.79 Å². The summed E-state index contributed by atoms with van der Waals surface area (Å²) in [4.78, 5) is 11.9. The number of carbonyl (C=O) groups excluding carboxylic acids is 1. The average Bonchev–Trinajstić information content (AvgIpc) is 2.97. The number of amides is 1. The minimum Gasteiger partial charge on any atom is -0.497 e. The summed E-state index contributed by atoms with van der Waals surface area (Å²) in [6.45, 7) is 2.66. The Morgan fingerprint density at radius 1 is 1.52 bits per heavy atom. The van der Waals surface area contributed by atoms with E-state index in [1.165, 1.54) is 6.42 Å². The lowest BCUT2D eigenvalue weighted by Gasteiger charge is -2.10. The Kier molecular flexibility index (Phi) is 8.07. The van der Waals surface area contributed by atoms with Gasteiger partial charge in [0, 0.05) is 17.4 Å². The highest BCUT2D eigenvalue weighted by atomic mass is 79.9. The molecule has 4 nitrogen and oxygen atoms in total. The Hall–Kier alpha value is -0.780. The number of benzene rings is 1. The highest BCUT2D eigenvalue weighted by Gasteiger charge is 2.15. The van der Waals surface area contributed by atoms with E-state index in [1.807, 2.05) is 18.2 Å². The van der Waals surface area contributed by atoms with Crippen molar-refractivity contribution in [1.29, 1.82) is 0 Å². The number of halogens is 2. The van der Waals surface area contributed by atoms with E-state index in [1.54, 1.807) is 7.11 Å². The zero-order valence-electron chi connectivity index (χ0n) is 12.2. The van der Waals surface area contributed by atoms with Gasteiger partial charge in [0.25, 0.3) is 0 Å². The second kappa shape index (κ2) is 9.28. The number of methoxy groups -OCH3 is 1. The third kappa shape index (κ3) is 5.85. The average molecular weight is 378 g/mol. The summed E-state index contributed by atoms with van der Waals surface area (Å²) in [5.41, 5.74) is 1.03. The molecule has 1 aromatic rings. The van der Waals surface area contributed by atoms with Crippen LogP contribution in [-0.2, 0) is 11.3 Å². The van der Waals surface area contributed by atoms with Crippen LogP contribution in [0.4, 0.5) is 0 Å². The Labute approximate surface area is 140 Å². The molecule has 1 atom stereocenters. The Balaban J connectivity index is 0.00000220. The summed E-state index contributed by atoms with van der Waals surface area (Å²) in [5.74, 6) is 1.57. The molecule has 21 heavy (non-hydrogen) atoms. The van der Waals surface area contributed by atoms with Gasteiger partial charge in [-0.05, 0) is 55.6 Å². The first-order valence-corrected chi connectivity index (χ1v) is 7.78. The van der Waals surface area contributed by atoms with Crippen LogP contribution < -0.4 is 15.4 Å². The number of hydrogen-bond donors (Lipinski definition) is 2. The van der Waals surface area contributed by atoms with Gasteiger partial charge in [0.2, 0.25) is 5.91 Å². The number of nitrogens with one attached hydrogen (secondary N) is 2. The van der Waals surface area contributed by atoms with Crippen molar-refractivity contribution >= 4 is 34.2 Å². The topological polar surface area (TPSA) is 50.4 Å². The van der Waals surface area contributed by atoms with Crippen LogP contribution in [0.1, 0.15) is 24.8 Å². The van der Waals surface area contributed by atoms with Gasteiger partial charge >= 0.3 is 0 Å². The van der Waals surface area contributed by atoms with Crippen LogP contribution >= 0.6 is 28.3 Å². The Bertz CT molecular complexity index is 465. The van der Waals surface area contributed by atoms with E-state index in [0.29, 0.717) is 18.9 Å². The standard InChI is InChI=1S/C15H21BrN2O2.ClH/c1-20-13-3-4-14(16)12(8-13)10-18-15(19)5-2-11-6-7-17-9-11;/h3-4,8,11,17H,2,5-7,9-10H2,1H3,(H,18,19);1H. The fraction of sp³-hybridized carbons (Fsp3) is 0.533. The van der Waals surface area contributed by atoms with Crippen molar-refractivity contribution in [3.05, 3.63) is 28.2 Å². The molecule has 1 amide bonds. The predicted octanol–water partition coefficient (Wildman–Crippen LogP) is 2.89. The monoisotopic (exact) mass is 376 g/mol. The summed E-state index contributed by atoms with van der Waals surface area (Å²) in [5, 5.41) is 6.29. The summed E-state index contributed by atoms with van der Waals surface area (Å²) >= 11 is 3.49. The molecule has 0 aliphatic carbocycles. The number of ether oxygens (including phenoxy) is 1. The lowest BCUT2D eigenvalue weighted by atomic mass is 10.0. The SMILES string of the molecule is COc1ccc(Br)c(CNC(=O)CCC2CCNC2)c1.Cl. The zero-order valence-corrected chi connectivity index (χ0v) is 14.6. The van der Waals surface area contributed by atoms with Crippen molar-refractivity contribution in [3.8, 4) is 5.75 Å². The van der Waals surface area contributed by atoms with Gasteiger partial charge in [-0.1, -0.05) is 15.9 Å². The van der Waals surface area contributed by atoms with Crippen LogP contribution in [0.25, 0.3) is 0 Å². The van der Waals surface area contributed by atoms with E-state index in [-0.39, 0.29) is 18.3 Å². The Morgan fingerprint density at radius 3 is 3.00 bits per heavy atom. The number of rotatable bonds is 6. The maximum atomic E-state index is 11.9.